The molecule has 0 aliphatic carbocycles. The normalized spacial score (nSPS) is 14.3. The standard InChI is InChI=1S/C18H31NO2/c1-13(2)12-21-16-10-8-15(9-11-16)14(3)19-17(4,5)18(6,7)20/h8-11,13-14,19-20H,12H2,1-7H3. The van der Waals surface area contributed by atoms with E-state index in [0.717, 1.165) is 12.4 Å². The van der Waals surface area contributed by atoms with E-state index in [-0.39, 0.29) is 11.6 Å². The second kappa shape index (κ2) is 6.80. The van der Waals surface area contributed by atoms with Crippen LogP contribution in [0.15, 0.2) is 24.3 Å². The lowest BCUT2D eigenvalue weighted by molar-refractivity contribution is -0.00923. The molecule has 0 fully saturated rings. The summed E-state index contributed by atoms with van der Waals surface area (Å²) in [6.45, 7) is 14.8. The van der Waals surface area contributed by atoms with Crippen LogP contribution >= 0.6 is 0 Å². The second-order valence-corrected chi connectivity index (χ2v) is 7.32. The van der Waals surface area contributed by atoms with E-state index in [9.17, 15) is 5.11 Å². The number of benzene rings is 1. The van der Waals surface area contributed by atoms with Crippen molar-refractivity contribution >= 4 is 0 Å². The molecule has 2 N–H and O–H groups in total. The van der Waals surface area contributed by atoms with Crippen LogP contribution in [0.25, 0.3) is 0 Å². The van der Waals surface area contributed by atoms with Crippen LogP contribution in [0.3, 0.4) is 0 Å². The van der Waals surface area contributed by atoms with Gasteiger partial charge in [0.05, 0.1) is 12.2 Å². The van der Waals surface area contributed by atoms with Gasteiger partial charge in [-0.15, -0.1) is 0 Å². The van der Waals surface area contributed by atoms with Crippen molar-refractivity contribution in [2.24, 2.45) is 5.92 Å². The lowest BCUT2D eigenvalue weighted by atomic mass is 9.85. The Labute approximate surface area is 129 Å². The zero-order chi connectivity index (χ0) is 16.3. The van der Waals surface area contributed by atoms with Crippen molar-refractivity contribution in [3.63, 3.8) is 0 Å². The molecule has 0 heterocycles. The molecule has 0 bridgehead atoms. The summed E-state index contributed by atoms with van der Waals surface area (Å²) in [4.78, 5) is 0. The molecule has 1 unspecified atom stereocenters. The fourth-order valence-corrected chi connectivity index (χ4v) is 1.92. The third kappa shape index (κ3) is 5.33. The summed E-state index contributed by atoms with van der Waals surface area (Å²) in [7, 11) is 0. The molecule has 0 amide bonds. The van der Waals surface area contributed by atoms with Crippen molar-refractivity contribution in [3.8, 4) is 5.75 Å². The van der Waals surface area contributed by atoms with Gasteiger partial charge in [0.2, 0.25) is 0 Å². The number of aliphatic hydroxyl groups is 1. The van der Waals surface area contributed by atoms with Crippen LogP contribution in [0.2, 0.25) is 0 Å². The SMILES string of the molecule is CC(C)COc1ccc(C(C)NC(C)(C)C(C)(C)O)cc1. The molecule has 0 radical (unpaired) electrons. The molecular formula is C18H31NO2. The van der Waals surface area contributed by atoms with Crippen LogP contribution in [0.4, 0.5) is 0 Å². The van der Waals surface area contributed by atoms with E-state index >= 15 is 0 Å². The third-order valence-corrected chi connectivity index (χ3v) is 4.07. The minimum atomic E-state index is -0.790. The molecular weight excluding hydrogens is 262 g/mol. The van der Waals surface area contributed by atoms with Crippen molar-refractivity contribution in [2.75, 3.05) is 6.61 Å². The topological polar surface area (TPSA) is 41.5 Å². The number of hydrogen-bond acceptors (Lipinski definition) is 3. The maximum absolute atomic E-state index is 10.2. The van der Waals surface area contributed by atoms with Gasteiger partial charge in [0.1, 0.15) is 5.75 Å². The third-order valence-electron chi connectivity index (χ3n) is 4.07. The van der Waals surface area contributed by atoms with Gasteiger partial charge in [0.15, 0.2) is 0 Å². The molecule has 1 aromatic rings. The van der Waals surface area contributed by atoms with Gasteiger partial charge in [-0.25, -0.2) is 0 Å². The Morgan fingerprint density at radius 3 is 2.00 bits per heavy atom. The maximum Gasteiger partial charge on any atom is 0.119 e. The first-order valence-electron chi connectivity index (χ1n) is 7.76. The Morgan fingerprint density at radius 2 is 1.57 bits per heavy atom. The first-order valence-corrected chi connectivity index (χ1v) is 7.76. The molecule has 0 aliphatic heterocycles. The number of ether oxygens (including phenoxy) is 1. The van der Waals surface area contributed by atoms with Crippen molar-refractivity contribution in [1.29, 1.82) is 0 Å². The molecule has 0 saturated carbocycles. The van der Waals surface area contributed by atoms with Gasteiger partial charge in [-0.1, -0.05) is 26.0 Å². The quantitative estimate of drug-likeness (QED) is 0.800. The highest BCUT2D eigenvalue weighted by Gasteiger charge is 2.35. The van der Waals surface area contributed by atoms with Crippen molar-refractivity contribution in [2.45, 2.75) is 65.6 Å². The first-order chi connectivity index (χ1) is 9.53. The van der Waals surface area contributed by atoms with Crippen molar-refractivity contribution in [1.82, 2.24) is 5.32 Å². The predicted molar refractivity (Wildman–Crippen MR) is 88.7 cm³/mol. The highest BCUT2D eigenvalue weighted by Crippen LogP contribution is 2.26. The maximum atomic E-state index is 10.2. The minimum Gasteiger partial charge on any atom is -0.493 e. The number of hydrogen-bond donors (Lipinski definition) is 2. The van der Waals surface area contributed by atoms with Gasteiger partial charge in [-0.2, -0.15) is 0 Å². The van der Waals surface area contributed by atoms with Crippen LogP contribution in [-0.4, -0.2) is 22.9 Å². The van der Waals surface area contributed by atoms with E-state index in [0.29, 0.717) is 5.92 Å². The summed E-state index contributed by atoms with van der Waals surface area (Å²) in [6.07, 6.45) is 0. The van der Waals surface area contributed by atoms with E-state index in [4.69, 9.17) is 4.74 Å². The molecule has 21 heavy (non-hydrogen) atoms. The zero-order valence-corrected chi connectivity index (χ0v) is 14.5. The molecule has 3 heteroatoms. The average molecular weight is 293 g/mol. The summed E-state index contributed by atoms with van der Waals surface area (Å²) in [5.41, 5.74) is 0.0186. The Bertz CT molecular complexity index is 430. The summed E-state index contributed by atoms with van der Waals surface area (Å²) in [5.74, 6) is 1.43. The van der Waals surface area contributed by atoms with E-state index < -0.39 is 5.60 Å². The molecule has 0 aromatic heterocycles. The van der Waals surface area contributed by atoms with Gasteiger partial charge in [0.25, 0.3) is 0 Å². The Hall–Kier alpha value is -1.06. The molecule has 0 spiro atoms. The van der Waals surface area contributed by atoms with Gasteiger partial charge in [0, 0.05) is 11.6 Å². The van der Waals surface area contributed by atoms with Crippen LogP contribution in [-0.2, 0) is 0 Å². The summed E-state index contributed by atoms with van der Waals surface area (Å²) in [5, 5.41) is 13.7. The molecule has 1 aromatic carbocycles. The fraction of sp³-hybridized carbons (Fsp3) is 0.667. The smallest absolute Gasteiger partial charge is 0.119 e. The Morgan fingerprint density at radius 1 is 1.05 bits per heavy atom. The van der Waals surface area contributed by atoms with Crippen molar-refractivity contribution < 1.29 is 9.84 Å². The fourth-order valence-electron chi connectivity index (χ4n) is 1.92. The lowest BCUT2D eigenvalue weighted by Gasteiger charge is -2.40. The largest absolute Gasteiger partial charge is 0.493 e. The molecule has 120 valence electrons. The van der Waals surface area contributed by atoms with Gasteiger partial charge in [-0.3, -0.25) is 0 Å². The number of rotatable bonds is 7. The van der Waals surface area contributed by atoms with E-state index in [1.165, 1.54) is 5.56 Å². The minimum absolute atomic E-state index is 0.158. The summed E-state index contributed by atoms with van der Waals surface area (Å²) < 4.78 is 5.70. The van der Waals surface area contributed by atoms with Crippen LogP contribution in [0.5, 0.6) is 5.75 Å². The predicted octanol–water partition coefficient (Wildman–Crippen LogP) is 3.92. The number of nitrogens with one attached hydrogen (secondary N) is 1. The van der Waals surface area contributed by atoms with Crippen LogP contribution in [0, 0.1) is 5.92 Å². The van der Waals surface area contributed by atoms with Gasteiger partial charge in [-0.05, 0) is 58.2 Å². The van der Waals surface area contributed by atoms with Crippen LogP contribution < -0.4 is 10.1 Å². The monoisotopic (exact) mass is 293 g/mol. The van der Waals surface area contributed by atoms with Crippen LogP contribution in [0.1, 0.15) is 60.1 Å². The molecule has 1 atom stereocenters. The molecule has 0 aliphatic rings. The molecule has 3 nitrogen and oxygen atoms in total. The summed E-state index contributed by atoms with van der Waals surface area (Å²) >= 11 is 0. The van der Waals surface area contributed by atoms with Crippen molar-refractivity contribution in [3.05, 3.63) is 29.8 Å². The molecule has 0 saturated heterocycles. The highest BCUT2D eigenvalue weighted by molar-refractivity contribution is 5.29. The van der Waals surface area contributed by atoms with E-state index in [1.807, 2.05) is 39.8 Å². The molecule has 1 rings (SSSR count). The summed E-state index contributed by atoms with van der Waals surface area (Å²) in [6, 6.07) is 8.33. The van der Waals surface area contributed by atoms with Gasteiger partial charge >= 0.3 is 0 Å². The Balaban J connectivity index is 2.69. The highest BCUT2D eigenvalue weighted by atomic mass is 16.5. The zero-order valence-electron chi connectivity index (χ0n) is 14.5. The van der Waals surface area contributed by atoms with E-state index in [2.05, 4.69) is 38.2 Å². The average Bonchev–Trinajstić information content (AvgIpc) is 2.35. The first kappa shape index (κ1) is 18.0. The van der Waals surface area contributed by atoms with Gasteiger partial charge < -0.3 is 15.2 Å². The second-order valence-electron chi connectivity index (χ2n) is 7.32. The Kier molecular flexibility index (Phi) is 5.83. The van der Waals surface area contributed by atoms with E-state index in [1.54, 1.807) is 0 Å². The lowest BCUT2D eigenvalue weighted by Crippen LogP contribution is -2.56.